The van der Waals surface area contributed by atoms with Crippen molar-refractivity contribution in [1.82, 2.24) is 20.5 Å². The fourth-order valence-corrected chi connectivity index (χ4v) is 2.07. The Balaban J connectivity index is 1.99. The van der Waals surface area contributed by atoms with Gasteiger partial charge in [-0.2, -0.15) is 5.10 Å². The molecular formula is C13H16N4OS. The number of aryl methyl sites for hydroxylation is 1. The van der Waals surface area contributed by atoms with Crippen LogP contribution in [0.5, 0.6) is 0 Å². The second kappa shape index (κ2) is 5.79. The average molecular weight is 276 g/mol. The van der Waals surface area contributed by atoms with Gasteiger partial charge in [0.05, 0.1) is 11.3 Å². The van der Waals surface area contributed by atoms with Crippen molar-refractivity contribution in [3.05, 3.63) is 46.0 Å². The van der Waals surface area contributed by atoms with Crippen molar-refractivity contribution >= 4 is 18.1 Å². The van der Waals surface area contributed by atoms with Crippen molar-refractivity contribution in [3.8, 4) is 0 Å². The molecule has 0 aromatic carbocycles. The molecule has 2 heterocycles. The molecule has 0 radical (unpaired) electrons. The molecule has 19 heavy (non-hydrogen) atoms. The molecule has 1 atom stereocenters. The Hall–Kier alpha value is -1.95. The predicted molar refractivity (Wildman–Crippen MR) is 75.6 cm³/mol. The highest BCUT2D eigenvalue weighted by Gasteiger charge is 2.12. The van der Waals surface area contributed by atoms with Crippen LogP contribution in [0.4, 0.5) is 0 Å². The first-order valence-electron chi connectivity index (χ1n) is 6.05. The molecule has 0 bridgehead atoms. The maximum Gasteiger partial charge on any atom is 0.254 e. The highest BCUT2D eigenvalue weighted by Crippen LogP contribution is 2.04. The normalized spacial score (nSPS) is 12.1. The van der Waals surface area contributed by atoms with Crippen LogP contribution in [0.1, 0.15) is 28.7 Å². The van der Waals surface area contributed by atoms with Gasteiger partial charge in [0.1, 0.15) is 4.64 Å². The van der Waals surface area contributed by atoms with E-state index in [-0.39, 0.29) is 11.9 Å². The molecule has 0 saturated carbocycles. The van der Waals surface area contributed by atoms with E-state index in [9.17, 15) is 4.79 Å². The summed E-state index contributed by atoms with van der Waals surface area (Å²) in [5.41, 5.74) is 2.44. The van der Waals surface area contributed by atoms with Crippen molar-refractivity contribution < 1.29 is 4.79 Å². The molecule has 3 N–H and O–H groups in total. The molecule has 5 nitrogen and oxygen atoms in total. The minimum absolute atomic E-state index is 0.00944. The number of nitrogens with zero attached hydrogens (tertiary/aromatic N) is 1. The van der Waals surface area contributed by atoms with Gasteiger partial charge in [0.2, 0.25) is 0 Å². The first-order chi connectivity index (χ1) is 9.06. The number of rotatable bonds is 4. The summed E-state index contributed by atoms with van der Waals surface area (Å²) in [6.07, 6.45) is 2.38. The summed E-state index contributed by atoms with van der Waals surface area (Å²) in [6, 6.07) is 5.42. The van der Waals surface area contributed by atoms with Gasteiger partial charge in [-0.1, -0.05) is 12.2 Å². The second-order valence-electron chi connectivity index (χ2n) is 4.53. The molecule has 100 valence electrons. The molecule has 0 aliphatic heterocycles. The van der Waals surface area contributed by atoms with Gasteiger partial charge in [-0.05, 0) is 32.0 Å². The molecule has 2 aromatic rings. The maximum atomic E-state index is 12.0. The molecule has 2 rings (SSSR count). The zero-order valence-corrected chi connectivity index (χ0v) is 11.7. The van der Waals surface area contributed by atoms with Crippen LogP contribution in [-0.4, -0.2) is 27.1 Å². The van der Waals surface area contributed by atoms with Gasteiger partial charge in [0.25, 0.3) is 5.91 Å². The molecule has 1 amide bonds. The number of aromatic amines is 2. The van der Waals surface area contributed by atoms with Crippen LogP contribution in [0.25, 0.3) is 0 Å². The molecule has 0 aliphatic carbocycles. The number of pyridine rings is 1. The van der Waals surface area contributed by atoms with Gasteiger partial charge in [-0.15, -0.1) is 0 Å². The number of H-pyrrole nitrogens is 2. The monoisotopic (exact) mass is 276 g/mol. The SMILES string of the molecule is Cc1cc(C[C@H](C)NC(=O)c2ccc[nH]c2=S)n[nH]1. The lowest BCUT2D eigenvalue weighted by Crippen LogP contribution is -2.34. The molecule has 2 aromatic heterocycles. The van der Waals surface area contributed by atoms with Crippen LogP contribution < -0.4 is 5.32 Å². The topological polar surface area (TPSA) is 73.6 Å². The van der Waals surface area contributed by atoms with Crippen LogP contribution in [-0.2, 0) is 6.42 Å². The molecular weight excluding hydrogens is 260 g/mol. The lowest BCUT2D eigenvalue weighted by molar-refractivity contribution is 0.0939. The lowest BCUT2D eigenvalue weighted by Gasteiger charge is -2.12. The smallest absolute Gasteiger partial charge is 0.254 e. The Kier molecular flexibility index (Phi) is 4.11. The van der Waals surface area contributed by atoms with Gasteiger partial charge in [0, 0.05) is 24.4 Å². The summed E-state index contributed by atoms with van der Waals surface area (Å²) in [7, 11) is 0. The van der Waals surface area contributed by atoms with Crippen LogP contribution >= 0.6 is 12.2 Å². The first kappa shape index (κ1) is 13.5. The Morgan fingerprint density at radius 2 is 2.37 bits per heavy atom. The van der Waals surface area contributed by atoms with Gasteiger partial charge in [-0.25, -0.2) is 0 Å². The molecule has 0 aliphatic rings. The summed E-state index contributed by atoms with van der Waals surface area (Å²) in [4.78, 5) is 14.9. The van der Waals surface area contributed by atoms with Crippen molar-refractivity contribution in [2.24, 2.45) is 0 Å². The number of aromatic nitrogens is 3. The fourth-order valence-electron chi connectivity index (χ4n) is 1.85. The van der Waals surface area contributed by atoms with Crippen LogP contribution in [0.3, 0.4) is 0 Å². The third-order valence-corrected chi connectivity index (χ3v) is 3.05. The average Bonchev–Trinajstić information content (AvgIpc) is 2.74. The highest BCUT2D eigenvalue weighted by molar-refractivity contribution is 7.71. The third-order valence-electron chi connectivity index (χ3n) is 2.71. The molecule has 0 fully saturated rings. The van der Waals surface area contributed by atoms with Crippen LogP contribution in [0.2, 0.25) is 0 Å². The van der Waals surface area contributed by atoms with E-state index >= 15 is 0 Å². The summed E-state index contributed by atoms with van der Waals surface area (Å²) < 4.78 is 0.447. The Morgan fingerprint density at radius 1 is 1.58 bits per heavy atom. The van der Waals surface area contributed by atoms with Crippen molar-refractivity contribution in [3.63, 3.8) is 0 Å². The highest BCUT2D eigenvalue weighted by atomic mass is 32.1. The van der Waals surface area contributed by atoms with Gasteiger partial charge >= 0.3 is 0 Å². The number of hydrogen-bond acceptors (Lipinski definition) is 3. The fraction of sp³-hybridized carbons (Fsp3) is 0.308. The zero-order chi connectivity index (χ0) is 13.8. The van der Waals surface area contributed by atoms with Gasteiger partial charge < -0.3 is 10.3 Å². The van der Waals surface area contributed by atoms with E-state index in [4.69, 9.17) is 12.2 Å². The maximum absolute atomic E-state index is 12.0. The molecule has 0 spiro atoms. The Labute approximate surface area is 116 Å². The zero-order valence-electron chi connectivity index (χ0n) is 10.9. The summed E-state index contributed by atoms with van der Waals surface area (Å²) in [5.74, 6) is -0.165. The largest absolute Gasteiger partial charge is 0.352 e. The number of carbonyl (C=O) groups is 1. The van der Waals surface area contributed by atoms with E-state index in [2.05, 4.69) is 20.5 Å². The lowest BCUT2D eigenvalue weighted by atomic mass is 10.1. The molecule has 6 heteroatoms. The number of amides is 1. The second-order valence-corrected chi connectivity index (χ2v) is 4.94. The van der Waals surface area contributed by atoms with Crippen LogP contribution in [0.15, 0.2) is 24.4 Å². The van der Waals surface area contributed by atoms with E-state index in [1.54, 1.807) is 18.3 Å². The quantitative estimate of drug-likeness (QED) is 0.749. The predicted octanol–water partition coefficient (Wildman–Crippen LogP) is 2.14. The van der Waals surface area contributed by atoms with Gasteiger partial charge in [-0.3, -0.25) is 9.89 Å². The van der Waals surface area contributed by atoms with E-state index in [0.29, 0.717) is 16.6 Å². The van der Waals surface area contributed by atoms with Crippen molar-refractivity contribution in [2.75, 3.05) is 0 Å². The molecule has 0 unspecified atom stereocenters. The minimum atomic E-state index is -0.165. The van der Waals surface area contributed by atoms with Gasteiger partial charge in [0.15, 0.2) is 0 Å². The van der Waals surface area contributed by atoms with E-state index in [1.807, 2.05) is 19.9 Å². The molecule has 0 saturated heterocycles. The van der Waals surface area contributed by atoms with Crippen molar-refractivity contribution in [1.29, 1.82) is 0 Å². The van der Waals surface area contributed by atoms with Crippen molar-refractivity contribution in [2.45, 2.75) is 26.3 Å². The minimum Gasteiger partial charge on any atom is -0.352 e. The Bertz CT molecular complexity index is 631. The van der Waals surface area contributed by atoms with E-state index in [1.165, 1.54) is 0 Å². The number of hydrogen-bond donors (Lipinski definition) is 3. The Morgan fingerprint density at radius 3 is 3.00 bits per heavy atom. The number of nitrogens with one attached hydrogen (secondary N) is 3. The number of carbonyl (C=O) groups excluding carboxylic acids is 1. The van der Waals surface area contributed by atoms with E-state index in [0.717, 1.165) is 11.4 Å². The first-order valence-corrected chi connectivity index (χ1v) is 6.46. The standard InChI is InChI=1S/C13H16N4OS/c1-8(6-10-7-9(2)16-17-10)15-12(18)11-4-3-5-14-13(11)19/h3-5,7-8H,6H2,1-2H3,(H,14,19)(H,15,18)(H,16,17)/t8-/m0/s1. The van der Waals surface area contributed by atoms with Crippen LogP contribution in [0, 0.1) is 11.6 Å². The third kappa shape index (κ3) is 3.51. The summed E-state index contributed by atoms with van der Waals surface area (Å²) >= 11 is 5.08. The van der Waals surface area contributed by atoms with E-state index < -0.39 is 0 Å². The summed E-state index contributed by atoms with van der Waals surface area (Å²) in [5, 5.41) is 9.95. The summed E-state index contributed by atoms with van der Waals surface area (Å²) in [6.45, 7) is 3.89.